The Morgan fingerprint density at radius 2 is 1.04 bits per heavy atom. The van der Waals surface area contributed by atoms with E-state index in [1.165, 1.54) is 38.7 Å². The minimum atomic E-state index is -0.461. The van der Waals surface area contributed by atoms with Crippen LogP contribution >= 0.6 is 0 Å². The van der Waals surface area contributed by atoms with Crippen molar-refractivity contribution < 1.29 is 42.7 Å². The van der Waals surface area contributed by atoms with Gasteiger partial charge in [-0.3, -0.25) is 0 Å². The first-order valence-electron chi connectivity index (χ1n) is 23.7. The van der Waals surface area contributed by atoms with E-state index < -0.39 is 11.6 Å². The maximum absolute atomic E-state index is 15.1. The Bertz CT molecular complexity index is 3060. The van der Waals surface area contributed by atoms with Crippen molar-refractivity contribution in [3.63, 3.8) is 0 Å². The molecule has 71 heavy (non-hydrogen) atoms. The summed E-state index contributed by atoms with van der Waals surface area (Å²) in [6.45, 7) is 15.8. The lowest BCUT2D eigenvalue weighted by molar-refractivity contribution is 0.143. The highest BCUT2D eigenvalue weighted by Gasteiger charge is 2.19. The van der Waals surface area contributed by atoms with Crippen molar-refractivity contribution in [1.82, 2.24) is 50.0 Å². The second-order valence-electron chi connectivity index (χ2n) is 17.8. The highest BCUT2D eigenvalue weighted by Crippen LogP contribution is 2.40. The van der Waals surface area contributed by atoms with Crippen molar-refractivity contribution in [2.75, 3.05) is 107 Å². The highest BCUT2D eigenvalue weighted by molar-refractivity contribution is 5.89. The number of rotatable bonds is 14. The lowest BCUT2D eigenvalue weighted by Gasteiger charge is -2.32. The van der Waals surface area contributed by atoms with Crippen LogP contribution < -0.4 is 23.7 Å². The molecule has 6 heterocycles. The molecule has 17 nitrogen and oxygen atoms in total. The van der Waals surface area contributed by atoms with Gasteiger partial charge >= 0.3 is 0 Å². The zero-order valence-electron chi connectivity index (χ0n) is 41.1. The first-order chi connectivity index (χ1) is 34.4. The third-order valence-electron chi connectivity index (χ3n) is 12.6. The minimum Gasteiger partial charge on any atom is -0.504 e. The van der Waals surface area contributed by atoms with E-state index >= 15 is 4.39 Å². The number of aromatic amines is 2. The maximum Gasteiger partial charge on any atom is 0.175 e. The van der Waals surface area contributed by atoms with E-state index in [1.54, 1.807) is 61.7 Å². The molecule has 10 rings (SSSR count). The van der Waals surface area contributed by atoms with Crippen LogP contribution in [0.1, 0.15) is 24.2 Å². The van der Waals surface area contributed by atoms with E-state index in [0.717, 1.165) is 82.1 Å². The molecule has 2 fully saturated rings. The lowest BCUT2D eigenvalue weighted by atomic mass is 10.2. The number of halogens is 2. The Morgan fingerprint density at radius 3 is 1.54 bits per heavy atom. The third-order valence-corrected chi connectivity index (χ3v) is 12.6. The number of piperazine rings is 2. The lowest BCUT2D eigenvalue weighted by Crippen LogP contribution is -2.44. The zero-order valence-corrected chi connectivity index (χ0v) is 41.1. The Labute approximate surface area is 410 Å². The second kappa shape index (κ2) is 23.3. The molecule has 0 atom stereocenters. The molecule has 2 aliphatic heterocycles. The van der Waals surface area contributed by atoms with Crippen LogP contribution in [0, 0.1) is 25.5 Å². The normalized spacial score (nSPS) is 14.8. The number of aromatic hydroxyl groups is 1. The van der Waals surface area contributed by atoms with Crippen LogP contribution in [0.2, 0.25) is 0 Å². The van der Waals surface area contributed by atoms with Crippen LogP contribution in [0.4, 0.5) is 8.78 Å². The fourth-order valence-corrected chi connectivity index (χ4v) is 8.57. The molecule has 0 unspecified atom stereocenters. The number of aryl methyl sites for hydroxylation is 2. The Balaban J connectivity index is 0.000000163. The van der Waals surface area contributed by atoms with E-state index in [2.05, 4.69) is 64.1 Å². The van der Waals surface area contributed by atoms with E-state index in [4.69, 9.17) is 28.8 Å². The second-order valence-corrected chi connectivity index (χ2v) is 17.8. The number of hydrogen-bond donors (Lipinski definition) is 4. The maximum atomic E-state index is 15.1. The summed E-state index contributed by atoms with van der Waals surface area (Å²) in [6.07, 6.45) is 4.71. The van der Waals surface area contributed by atoms with Crippen molar-refractivity contribution >= 4 is 43.6 Å². The number of nitrogens with one attached hydrogen (secondary N) is 2. The Morgan fingerprint density at radius 1 is 0.563 bits per heavy atom. The highest BCUT2D eigenvalue weighted by atomic mass is 19.1. The molecule has 0 bridgehead atoms. The average molecular weight is 977 g/mol. The van der Waals surface area contributed by atoms with E-state index in [9.17, 15) is 9.50 Å². The molecule has 4 aromatic carbocycles. The predicted molar refractivity (Wildman–Crippen MR) is 270 cm³/mol. The average Bonchev–Trinajstić information content (AvgIpc) is 3.97. The van der Waals surface area contributed by atoms with Crippen molar-refractivity contribution in [3.05, 3.63) is 96.1 Å². The molecule has 2 aliphatic rings. The largest absolute Gasteiger partial charge is 0.504 e. The molecule has 19 heteroatoms. The minimum absolute atomic E-state index is 0.0585. The summed E-state index contributed by atoms with van der Waals surface area (Å²) in [4.78, 5) is 15.8. The molecule has 2 saturated heterocycles. The van der Waals surface area contributed by atoms with E-state index in [1.807, 2.05) is 13.8 Å². The number of nitrogens with zero attached hydrogens (tertiary/aromatic N) is 8. The van der Waals surface area contributed by atoms with Crippen LogP contribution in [0.15, 0.2) is 73.1 Å². The van der Waals surface area contributed by atoms with Crippen molar-refractivity contribution in [2.24, 2.45) is 0 Å². The SMILES string of the molecule is CN1CCN(CCCO)CC1.COc1cc2c(Oc3ccc4[nH]c(C)cc4c3F)cnnc2cc1O.COc1cc2c(Oc3ccc4[nH]c(C)cc4c3F)cnnc2cc1OCCCN1CCN(C)CC1. The molecule has 0 aliphatic carbocycles. The summed E-state index contributed by atoms with van der Waals surface area (Å²) in [6, 6.07) is 16.8. The third kappa shape index (κ3) is 12.4. The fraction of sp³-hybridized carbons (Fsp3) is 0.385. The van der Waals surface area contributed by atoms with Crippen molar-refractivity contribution in [3.8, 4) is 46.0 Å². The standard InChI is InChI=1S/C26H30FN5O3.C18H14FN3O3.C8H18N2O/c1-17-13-19-20(29-17)5-6-22(26(19)27)35-25-16-28-30-21-15-24(23(33-3)14-18(21)25)34-12-4-7-32-10-8-31(2)9-11-32;1-9-5-11-12(21-9)3-4-15(18(11)19)25-17-8-20-22-13-7-14(23)16(24-2)6-10(13)17;1-9-4-6-10(7-5-9)3-2-8-11/h5-6,13-16,29H,4,7-12H2,1-3H3;3-8,21,23H,1-2H3;11H,2-8H2,1H3. The number of aliphatic hydroxyl groups is 1. The first-order valence-corrected chi connectivity index (χ1v) is 23.7. The summed E-state index contributed by atoms with van der Waals surface area (Å²) in [7, 11) is 7.35. The van der Waals surface area contributed by atoms with E-state index in [-0.39, 0.29) is 23.0 Å². The number of phenolic OH excluding ortho intramolecular Hbond substituents is 1. The molecule has 0 saturated carbocycles. The molecule has 0 amide bonds. The number of ether oxygens (including phenoxy) is 5. The molecular formula is C52H62F2N10O7. The van der Waals surface area contributed by atoms with Gasteiger partial charge in [0.25, 0.3) is 0 Å². The number of hydrogen-bond acceptors (Lipinski definition) is 15. The Kier molecular flexibility index (Phi) is 16.6. The number of methoxy groups -OCH3 is 2. The molecule has 8 aromatic rings. The van der Waals surface area contributed by atoms with Gasteiger partial charge in [0, 0.05) is 117 Å². The van der Waals surface area contributed by atoms with Gasteiger partial charge in [-0.25, -0.2) is 8.78 Å². The molecule has 376 valence electrons. The van der Waals surface area contributed by atoms with Gasteiger partial charge in [-0.05, 0) is 89.3 Å². The number of aromatic nitrogens is 6. The number of likely N-dealkylation sites (N-methyl/N-ethyl adjacent to an activating group) is 2. The van der Waals surface area contributed by atoms with Crippen molar-refractivity contribution in [2.45, 2.75) is 26.7 Å². The summed E-state index contributed by atoms with van der Waals surface area (Å²) in [5.41, 5.74) is 4.16. The van der Waals surface area contributed by atoms with E-state index in [0.29, 0.717) is 74.3 Å². The monoisotopic (exact) mass is 976 g/mol. The summed E-state index contributed by atoms with van der Waals surface area (Å²) in [5, 5.41) is 36.7. The van der Waals surface area contributed by atoms with Gasteiger partial charge in [0.1, 0.15) is 11.0 Å². The van der Waals surface area contributed by atoms with Crippen LogP contribution in [-0.4, -0.2) is 167 Å². The topological polar surface area (TPSA) is 183 Å². The van der Waals surface area contributed by atoms with Gasteiger partial charge in [-0.2, -0.15) is 20.4 Å². The number of benzene rings is 4. The molecular weight excluding hydrogens is 915 g/mol. The van der Waals surface area contributed by atoms with Crippen LogP contribution in [-0.2, 0) is 0 Å². The zero-order chi connectivity index (χ0) is 50.0. The first kappa shape index (κ1) is 50.5. The van der Waals surface area contributed by atoms with Gasteiger partial charge in [0.2, 0.25) is 0 Å². The van der Waals surface area contributed by atoms with Gasteiger partial charge in [0.15, 0.2) is 57.6 Å². The van der Waals surface area contributed by atoms with Crippen LogP contribution in [0.25, 0.3) is 43.6 Å². The summed E-state index contributed by atoms with van der Waals surface area (Å²) in [5.74, 6) is 1.38. The summed E-state index contributed by atoms with van der Waals surface area (Å²) >= 11 is 0. The fourth-order valence-electron chi connectivity index (χ4n) is 8.57. The van der Waals surface area contributed by atoms with Gasteiger partial charge < -0.3 is 63.5 Å². The number of fused-ring (bicyclic) bond motifs is 4. The number of aliphatic hydroxyl groups excluding tert-OH is 1. The smallest absolute Gasteiger partial charge is 0.175 e. The molecule has 0 spiro atoms. The number of phenols is 1. The quantitative estimate of drug-likeness (QED) is 0.0768. The van der Waals surface area contributed by atoms with Gasteiger partial charge in [-0.1, -0.05) is 0 Å². The number of H-pyrrole nitrogens is 2. The molecule has 4 aromatic heterocycles. The van der Waals surface area contributed by atoms with Crippen molar-refractivity contribution in [1.29, 1.82) is 0 Å². The Hall–Kier alpha value is -6.90. The van der Waals surface area contributed by atoms with Crippen LogP contribution in [0.3, 0.4) is 0 Å². The molecule has 4 N–H and O–H groups in total. The van der Waals surface area contributed by atoms with Gasteiger partial charge in [0.05, 0.1) is 44.0 Å². The summed E-state index contributed by atoms with van der Waals surface area (Å²) < 4.78 is 58.2. The van der Waals surface area contributed by atoms with Crippen LogP contribution in [0.5, 0.6) is 46.0 Å². The molecule has 0 radical (unpaired) electrons. The van der Waals surface area contributed by atoms with Gasteiger partial charge in [-0.15, -0.1) is 0 Å². The predicted octanol–water partition coefficient (Wildman–Crippen LogP) is 8.06.